The van der Waals surface area contributed by atoms with Crippen LogP contribution in [0.25, 0.3) is 10.9 Å². The van der Waals surface area contributed by atoms with Crippen LogP contribution in [-0.4, -0.2) is 17.4 Å². The number of carbonyl (C=O) groups is 1. The van der Waals surface area contributed by atoms with Crippen LogP contribution in [0.3, 0.4) is 0 Å². The van der Waals surface area contributed by atoms with Crippen LogP contribution in [0.1, 0.15) is 25.3 Å². The van der Waals surface area contributed by atoms with E-state index in [1.807, 2.05) is 18.3 Å². The second-order valence-electron chi connectivity index (χ2n) is 4.13. The Morgan fingerprint density at radius 3 is 2.94 bits per heavy atom. The second kappa shape index (κ2) is 4.39. The van der Waals surface area contributed by atoms with Crippen LogP contribution in [0.4, 0.5) is 0 Å². The molecule has 16 heavy (non-hydrogen) atoms. The SMILES string of the molecule is CC(=O)NCC(C)c1c[nH]c2ccccc12. The molecule has 1 unspecified atom stereocenters. The first-order valence-corrected chi connectivity index (χ1v) is 5.49. The van der Waals surface area contributed by atoms with Gasteiger partial charge in [-0.2, -0.15) is 0 Å². The number of nitrogens with one attached hydrogen (secondary N) is 2. The number of rotatable bonds is 3. The van der Waals surface area contributed by atoms with Gasteiger partial charge >= 0.3 is 0 Å². The lowest BCUT2D eigenvalue weighted by atomic mass is 10.0. The minimum Gasteiger partial charge on any atom is -0.361 e. The molecule has 3 nitrogen and oxygen atoms in total. The predicted molar refractivity (Wildman–Crippen MR) is 65.4 cm³/mol. The Labute approximate surface area is 94.9 Å². The van der Waals surface area contributed by atoms with Crippen molar-refractivity contribution in [1.29, 1.82) is 0 Å². The zero-order chi connectivity index (χ0) is 11.5. The Bertz CT molecular complexity index is 501. The van der Waals surface area contributed by atoms with Crippen molar-refractivity contribution in [3.05, 3.63) is 36.0 Å². The average molecular weight is 216 g/mol. The summed E-state index contributed by atoms with van der Waals surface area (Å²) in [6.45, 7) is 4.34. The van der Waals surface area contributed by atoms with Crippen LogP contribution in [0.2, 0.25) is 0 Å². The second-order valence-corrected chi connectivity index (χ2v) is 4.13. The van der Waals surface area contributed by atoms with Gasteiger partial charge in [0, 0.05) is 36.5 Å². The fourth-order valence-corrected chi connectivity index (χ4v) is 1.91. The normalized spacial score (nSPS) is 12.6. The van der Waals surface area contributed by atoms with Gasteiger partial charge in [0.2, 0.25) is 5.91 Å². The lowest BCUT2D eigenvalue weighted by Crippen LogP contribution is -2.24. The molecule has 3 heteroatoms. The number of hydrogen-bond acceptors (Lipinski definition) is 1. The first kappa shape index (κ1) is 10.7. The predicted octanol–water partition coefficient (Wildman–Crippen LogP) is 2.41. The molecule has 84 valence electrons. The Balaban J connectivity index is 2.22. The van der Waals surface area contributed by atoms with Gasteiger partial charge in [-0.3, -0.25) is 4.79 Å². The van der Waals surface area contributed by atoms with Gasteiger partial charge < -0.3 is 10.3 Å². The summed E-state index contributed by atoms with van der Waals surface area (Å²) in [7, 11) is 0. The molecule has 0 saturated carbocycles. The molecule has 0 bridgehead atoms. The first-order chi connectivity index (χ1) is 7.68. The molecule has 0 aliphatic rings. The lowest BCUT2D eigenvalue weighted by Gasteiger charge is -2.10. The van der Waals surface area contributed by atoms with Gasteiger partial charge in [-0.25, -0.2) is 0 Å². The fourth-order valence-electron chi connectivity index (χ4n) is 1.91. The first-order valence-electron chi connectivity index (χ1n) is 5.49. The van der Waals surface area contributed by atoms with Crippen molar-refractivity contribution < 1.29 is 4.79 Å². The lowest BCUT2D eigenvalue weighted by molar-refractivity contribution is -0.119. The smallest absolute Gasteiger partial charge is 0.216 e. The van der Waals surface area contributed by atoms with E-state index < -0.39 is 0 Å². The molecular weight excluding hydrogens is 200 g/mol. The number of amides is 1. The molecular formula is C13H16N2O. The van der Waals surface area contributed by atoms with E-state index in [4.69, 9.17) is 0 Å². The summed E-state index contributed by atoms with van der Waals surface area (Å²) in [6.07, 6.45) is 2.02. The van der Waals surface area contributed by atoms with Gasteiger partial charge in [0.25, 0.3) is 0 Å². The standard InChI is InChI=1S/C13H16N2O/c1-9(7-14-10(2)16)12-8-15-13-6-4-3-5-11(12)13/h3-6,8-9,15H,7H2,1-2H3,(H,14,16). The minimum atomic E-state index is 0.0201. The number of hydrogen-bond donors (Lipinski definition) is 2. The van der Waals surface area contributed by atoms with Gasteiger partial charge in [0.15, 0.2) is 0 Å². The van der Waals surface area contributed by atoms with E-state index in [1.165, 1.54) is 10.9 Å². The van der Waals surface area contributed by atoms with Gasteiger partial charge in [0.1, 0.15) is 0 Å². The van der Waals surface area contributed by atoms with Gasteiger partial charge in [-0.15, -0.1) is 0 Å². The third kappa shape index (κ3) is 2.08. The Kier molecular flexibility index (Phi) is 2.95. The Hall–Kier alpha value is -1.77. The van der Waals surface area contributed by atoms with Crippen LogP contribution in [0, 0.1) is 0 Å². The molecule has 0 aliphatic heterocycles. The summed E-state index contributed by atoms with van der Waals surface area (Å²) in [5.74, 6) is 0.340. The van der Waals surface area contributed by atoms with Crippen molar-refractivity contribution in [2.45, 2.75) is 19.8 Å². The molecule has 2 aromatic rings. The van der Waals surface area contributed by atoms with Crippen LogP contribution in [0.5, 0.6) is 0 Å². The summed E-state index contributed by atoms with van der Waals surface area (Å²) in [4.78, 5) is 14.1. The largest absolute Gasteiger partial charge is 0.361 e. The number of carbonyl (C=O) groups excluding carboxylic acids is 1. The van der Waals surface area contributed by atoms with E-state index in [-0.39, 0.29) is 5.91 Å². The van der Waals surface area contributed by atoms with Crippen molar-refractivity contribution in [1.82, 2.24) is 10.3 Å². The molecule has 0 saturated heterocycles. The highest BCUT2D eigenvalue weighted by Crippen LogP contribution is 2.24. The maximum atomic E-state index is 10.9. The third-order valence-electron chi connectivity index (χ3n) is 2.81. The van der Waals surface area contributed by atoms with Crippen LogP contribution >= 0.6 is 0 Å². The van der Waals surface area contributed by atoms with E-state index in [2.05, 4.69) is 29.4 Å². The van der Waals surface area contributed by atoms with Crippen molar-refractivity contribution in [2.24, 2.45) is 0 Å². The molecule has 2 rings (SSSR count). The monoisotopic (exact) mass is 216 g/mol. The zero-order valence-corrected chi connectivity index (χ0v) is 9.58. The average Bonchev–Trinajstić information content (AvgIpc) is 2.69. The number of aromatic amines is 1. The summed E-state index contributed by atoms with van der Waals surface area (Å²) in [6, 6.07) is 8.21. The van der Waals surface area contributed by atoms with Crippen molar-refractivity contribution in [3.8, 4) is 0 Å². The number of para-hydroxylation sites is 1. The number of aromatic nitrogens is 1. The number of fused-ring (bicyclic) bond motifs is 1. The molecule has 1 amide bonds. The molecule has 0 spiro atoms. The maximum absolute atomic E-state index is 10.9. The Morgan fingerprint density at radius 1 is 1.44 bits per heavy atom. The van der Waals surface area contributed by atoms with Crippen molar-refractivity contribution in [2.75, 3.05) is 6.54 Å². The maximum Gasteiger partial charge on any atom is 0.216 e. The molecule has 0 radical (unpaired) electrons. The van der Waals surface area contributed by atoms with Crippen LogP contribution in [-0.2, 0) is 4.79 Å². The molecule has 1 aromatic carbocycles. The molecule has 0 fully saturated rings. The fraction of sp³-hybridized carbons (Fsp3) is 0.308. The highest BCUT2D eigenvalue weighted by Gasteiger charge is 2.10. The van der Waals surface area contributed by atoms with Gasteiger partial charge in [-0.1, -0.05) is 25.1 Å². The van der Waals surface area contributed by atoms with E-state index in [0.717, 1.165) is 5.52 Å². The van der Waals surface area contributed by atoms with Gasteiger partial charge in [-0.05, 0) is 11.6 Å². The molecule has 1 atom stereocenters. The van der Waals surface area contributed by atoms with Crippen LogP contribution < -0.4 is 5.32 Å². The number of H-pyrrole nitrogens is 1. The molecule has 0 aliphatic carbocycles. The summed E-state index contributed by atoms with van der Waals surface area (Å²) in [5, 5.41) is 4.08. The topological polar surface area (TPSA) is 44.9 Å². The summed E-state index contributed by atoms with van der Waals surface area (Å²) in [5.41, 5.74) is 2.40. The van der Waals surface area contributed by atoms with E-state index >= 15 is 0 Å². The quantitative estimate of drug-likeness (QED) is 0.813. The summed E-state index contributed by atoms with van der Waals surface area (Å²) >= 11 is 0. The zero-order valence-electron chi connectivity index (χ0n) is 9.58. The molecule has 2 N–H and O–H groups in total. The minimum absolute atomic E-state index is 0.0201. The molecule has 1 aromatic heterocycles. The highest BCUT2D eigenvalue weighted by atomic mass is 16.1. The van der Waals surface area contributed by atoms with E-state index in [9.17, 15) is 4.79 Å². The molecule has 1 heterocycles. The van der Waals surface area contributed by atoms with Crippen molar-refractivity contribution >= 4 is 16.8 Å². The van der Waals surface area contributed by atoms with Crippen molar-refractivity contribution in [3.63, 3.8) is 0 Å². The Morgan fingerprint density at radius 2 is 2.19 bits per heavy atom. The summed E-state index contributed by atoms with van der Waals surface area (Å²) < 4.78 is 0. The highest BCUT2D eigenvalue weighted by molar-refractivity contribution is 5.83. The van der Waals surface area contributed by atoms with E-state index in [1.54, 1.807) is 6.92 Å². The van der Waals surface area contributed by atoms with Gasteiger partial charge in [0.05, 0.1) is 0 Å². The van der Waals surface area contributed by atoms with Crippen LogP contribution in [0.15, 0.2) is 30.5 Å². The van der Waals surface area contributed by atoms with E-state index in [0.29, 0.717) is 12.5 Å². The number of benzene rings is 1. The third-order valence-corrected chi connectivity index (χ3v) is 2.81.